The van der Waals surface area contributed by atoms with Gasteiger partial charge in [-0.2, -0.15) is 8.78 Å². The number of alkyl halides is 1. The predicted octanol–water partition coefficient (Wildman–Crippen LogP) is 7.92. The van der Waals surface area contributed by atoms with Gasteiger partial charge in [-0.25, -0.2) is 13.2 Å². The van der Waals surface area contributed by atoms with Crippen LogP contribution in [0.25, 0.3) is 0 Å². The molecule has 212 valence electrons. The van der Waals surface area contributed by atoms with Crippen LogP contribution in [0.3, 0.4) is 0 Å². The van der Waals surface area contributed by atoms with E-state index in [2.05, 4.69) is 13.8 Å². The molecule has 1 saturated carbocycles. The highest BCUT2D eigenvalue weighted by Crippen LogP contribution is 2.43. The molecule has 0 saturated heterocycles. The summed E-state index contributed by atoms with van der Waals surface area (Å²) in [5.74, 6) is -3.78. The van der Waals surface area contributed by atoms with Crippen LogP contribution in [0.1, 0.15) is 75.8 Å². The molecule has 0 aliphatic heterocycles. The second kappa shape index (κ2) is 14.2. The summed E-state index contributed by atoms with van der Waals surface area (Å²) in [6.07, 6.45) is 3.97. The van der Waals surface area contributed by atoms with Gasteiger partial charge in [-0.05, 0) is 91.9 Å². The fourth-order valence-electron chi connectivity index (χ4n) is 5.74. The summed E-state index contributed by atoms with van der Waals surface area (Å²) in [6, 6.07) is 5.22. The van der Waals surface area contributed by atoms with E-state index >= 15 is 4.39 Å². The van der Waals surface area contributed by atoms with E-state index in [1.807, 2.05) is 0 Å². The molecular formula is C30H39F5O3. The summed E-state index contributed by atoms with van der Waals surface area (Å²) >= 11 is 0. The van der Waals surface area contributed by atoms with Crippen molar-refractivity contribution in [1.29, 1.82) is 0 Å². The highest BCUT2D eigenvalue weighted by atomic mass is 19.2. The van der Waals surface area contributed by atoms with Crippen molar-refractivity contribution in [2.24, 2.45) is 17.8 Å². The number of rotatable bonds is 13. The maximum Gasteiger partial charge on any atom is 0.200 e. The Kier molecular flexibility index (Phi) is 11.2. The van der Waals surface area contributed by atoms with Crippen LogP contribution in [0.2, 0.25) is 0 Å². The van der Waals surface area contributed by atoms with E-state index in [0.29, 0.717) is 23.3 Å². The Morgan fingerprint density at radius 2 is 1.55 bits per heavy atom. The van der Waals surface area contributed by atoms with Crippen LogP contribution in [-0.4, -0.2) is 31.6 Å². The standard InChI is InChI=1S/C30H39F5O3/c1-18(2)15-21(5-4-14-36)19-6-8-20(9-7-19)24-11-13-26(30(35)28(24)33)38-17-23(31)16-22-10-12-25(37-3)29(34)27(22)32/h10-13,18-21,23,36H,4-9,14-17H2,1-3H3. The van der Waals surface area contributed by atoms with Gasteiger partial charge >= 0.3 is 0 Å². The van der Waals surface area contributed by atoms with E-state index in [4.69, 9.17) is 9.47 Å². The predicted molar refractivity (Wildman–Crippen MR) is 137 cm³/mol. The highest BCUT2D eigenvalue weighted by Gasteiger charge is 2.31. The lowest BCUT2D eigenvalue weighted by atomic mass is 9.70. The van der Waals surface area contributed by atoms with E-state index in [0.717, 1.165) is 44.9 Å². The summed E-state index contributed by atoms with van der Waals surface area (Å²) < 4.78 is 82.1. The Morgan fingerprint density at radius 1 is 0.895 bits per heavy atom. The second-order valence-corrected chi connectivity index (χ2v) is 10.8. The van der Waals surface area contributed by atoms with Gasteiger partial charge in [0.25, 0.3) is 0 Å². The Labute approximate surface area is 222 Å². The van der Waals surface area contributed by atoms with Gasteiger partial charge in [0.05, 0.1) is 7.11 Å². The van der Waals surface area contributed by atoms with Gasteiger partial charge in [0.15, 0.2) is 23.1 Å². The minimum atomic E-state index is -1.76. The number of methoxy groups -OCH3 is 1. The molecule has 0 bridgehead atoms. The van der Waals surface area contributed by atoms with Gasteiger partial charge < -0.3 is 14.6 Å². The number of hydrogen-bond acceptors (Lipinski definition) is 3. The number of aliphatic hydroxyl groups is 1. The molecule has 0 radical (unpaired) electrons. The molecule has 0 amide bonds. The molecule has 0 spiro atoms. The normalized spacial score (nSPS) is 19.4. The van der Waals surface area contributed by atoms with E-state index in [1.54, 1.807) is 0 Å². The minimum absolute atomic E-state index is 0.103. The Bertz CT molecular complexity index is 1040. The molecule has 8 heteroatoms. The zero-order valence-electron chi connectivity index (χ0n) is 22.4. The van der Waals surface area contributed by atoms with Crippen LogP contribution < -0.4 is 9.47 Å². The van der Waals surface area contributed by atoms with E-state index in [1.165, 1.54) is 31.4 Å². The third kappa shape index (κ3) is 7.61. The molecule has 38 heavy (non-hydrogen) atoms. The van der Waals surface area contributed by atoms with Gasteiger partial charge in [0.2, 0.25) is 11.6 Å². The van der Waals surface area contributed by atoms with Crippen LogP contribution in [0.4, 0.5) is 22.0 Å². The molecule has 0 aromatic heterocycles. The van der Waals surface area contributed by atoms with Gasteiger partial charge in [-0.15, -0.1) is 0 Å². The smallest absolute Gasteiger partial charge is 0.200 e. The molecule has 0 heterocycles. The number of ether oxygens (including phenoxy) is 2. The number of halogens is 5. The van der Waals surface area contributed by atoms with Gasteiger partial charge in [0, 0.05) is 13.0 Å². The molecule has 1 aliphatic rings. The van der Waals surface area contributed by atoms with Gasteiger partial charge in [-0.1, -0.05) is 26.0 Å². The molecule has 2 unspecified atom stereocenters. The summed E-state index contributed by atoms with van der Waals surface area (Å²) in [7, 11) is 1.19. The maximum absolute atomic E-state index is 15.0. The SMILES string of the molecule is COc1ccc(CC(F)COc2ccc(C3CCC(C(CCCO)CC(C)C)CC3)c(F)c2F)c(F)c1F. The number of benzene rings is 2. The Morgan fingerprint density at radius 3 is 2.18 bits per heavy atom. The fraction of sp³-hybridized carbons (Fsp3) is 0.600. The van der Waals surface area contributed by atoms with Crippen molar-refractivity contribution in [3.8, 4) is 11.5 Å². The molecule has 2 atom stereocenters. The first-order valence-corrected chi connectivity index (χ1v) is 13.5. The topological polar surface area (TPSA) is 38.7 Å². The zero-order valence-corrected chi connectivity index (χ0v) is 22.4. The summed E-state index contributed by atoms with van der Waals surface area (Å²) in [5, 5.41) is 9.25. The summed E-state index contributed by atoms with van der Waals surface area (Å²) in [5.41, 5.74) is 0.0978. The summed E-state index contributed by atoms with van der Waals surface area (Å²) in [4.78, 5) is 0. The molecule has 2 aromatic rings. The fourth-order valence-corrected chi connectivity index (χ4v) is 5.74. The molecule has 1 N–H and O–H groups in total. The van der Waals surface area contributed by atoms with Crippen molar-refractivity contribution in [1.82, 2.24) is 0 Å². The first-order chi connectivity index (χ1) is 18.2. The third-order valence-corrected chi connectivity index (χ3v) is 7.67. The van der Waals surface area contributed by atoms with Crippen molar-refractivity contribution < 1.29 is 36.5 Å². The van der Waals surface area contributed by atoms with Crippen LogP contribution in [0.15, 0.2) is 24.3 Å². The first kappa shape index (κ1) is 30.2. The van der Waals surface area contributed by atoms with Crippen LogP contribution in [0.5, 0.6) is 11.5 Å². The minimum Gasteiger partial charge on any atom is -0.494 e. The lowest BCUT2D eigenvalue weighted by Crippen LogP contribution is -2.23. The van der Waals surface area contributed by atoms with Crippen molar-refractivity contribution in [3.05, 3.63) is 58.7 Å². The van der Waals surface area contributed by atoms with E-state index in [9.17, 15) is 22.7 Å². The summed E-state index contributed by atoms with van der Waals surface area (Å²) in [6.45, 7) is 3.94. The zero-order chi connectivity index (χ0) is 27.8. The van der Waals surface area contributed by atoms with Gasteiger partial charge in [-0.3, -0.25) is 0 Å². The van der Waals surface area contributed by atoms with Crippen LogP contribution >= 0.6 is 0 Å². The molecule has 1 fully saturated rings. The van der Waals surface area contributed by atoms with Crippen LogP contribution in [0, 0.1) is 41.0 Å². The average molecular weight is 543 g/mol. The lowest BCUT2D eigenvalue weighted by Gasteiger charge is -2.35. The van der Waals surface area contributed by atoms with Crippen molar-refractivity contribution in [2.45, 2.75) is 77.3 Å². The Hall–Kier alpha value is -2.35. The maximum atomic E-state index is 15.0. The average Bonchev–Trinajstić information content (AvgIpc) is 2.90. The van der Waals surface area contributed by atoms with Crippen LogP contribution in [-0.2, 0) is 6.42 Å². The molecule has 1 aliphatic carbocycles. The quantitative estimate of drug-likeness (QED) is 0.261. The lowest BCUT2D eigenvalue weighted by molar-refractivity contribution is 0.176. The van der Waals surface area contributed by atoms with E-state index in [-0.39, 0.29) is 23.8 Å². The monoisotopic (exact) mass is 542 g/mol. The van der Waals surface area contributed by atoms with E-state index < -0.39 is 48.2 Å². The molecular weight excluding hydrogens is 503 g/mol. The van der Waals surface area contributed by atoms with Crippen molar-refractivity contribution >= 4 is 0 Å². The first-order valence-electron chi connectivity index (χ1n) is 13.5. The van der Waals surface area contributed by atoms with Crippen molar-refractivity contribution in [2.75, 3.05) is 20.3 Å². The van der Waals surface area contributed by atoms with Gasteiger partial charge in [0.1, 0.15) is 12.8 Å². The molecule has 3 rings (SSSR count). The number of hydrogen-bond donors (Lipinski definition) is 1. The van der Waals surface area contributed by atoms with Crippen molar-refractivity contribution in [3.63, 3.8) is 0 Å². The third-order valence-electron chi connectivity index (χ3n) is 7.67. The Balaban J connectivity index is 1.58. The molecule has 3 nitrogen and oxygen atoms in total. The number of aliphatic hydroxyl groups excluding tert-OH is 1. The highest BCUT2D eigenvalue weighted by molar-refractivity contribution is 5.34. The largest absolute Gasteiger partial charge is 0.494 e. The second-order valence-electron chi connectivity index (χ2n) is 10.8. The molecule has 2 aromatic carbocycles.